The molecular formula is C16H12ClN3O. The molecule has 0 aliphatic rings. The van der Waals surface area contributed by atoms with E-state index in [4.69, 9.17) is 17.3 Å². The number of hydrogen-bond donors (Lipinski definition) is 2. The van der Waals surface area contributed by atoms with E-state index in [9.17, 15) is 4.79 Å². The molecule has 5 heteroatoms. The zero-order valence-electron chi connectivity index (χ0n) is 11.0. The number of nitrogens with zero attached hydrogens (tertiary/aromatic N) is 1. The average molecular weight is 298 g/mol. The van der Waals surface area contributed by atoms with E-state index in [0.717, 1.165) is 10.9 Å². The van der Waals surface area contributed by atoms with Gasteiger partial charge >= 0.3 is 0 Å². The van der Waals surface area contributed by atoms with Gasteiger partial charge in [0.2, 0.25) is 0 Å². The fraction of sp³-hybridized carbons (Fsp3) is 0. The topological polar surface area (TPSA) is 68.0 Å². The predicted octanol–water partition coefficient (Wildman–Crippen LogP) is 3.72. The summed E-state index contributed by atoms with van der Waals surface area (Å²) < 4.78 is 0. The van der Waals surface area contributed by atoms with Crippen molar-refractivity contribution in [3.05, 3.63) is 65.3 Å². The zero-order valence-corrected chi connectivity index (χ0v) is 11.8. The van der Waals surface area contributed by atoms with E-state index >= 15 is 0 Å². The molecule has 104 valence electrons. The SMILES string of the molecule is Nc1c(Cl)cccc1C(=O)Nc1ccc2ncccc2c1. The third kappa shape index (κ3) is 2.66. The van der Waals surface area contributed by atoms with E-state index in [-0.39, 0.29) is 11.6 Å². The third-order valence-electron chi connectivity index (χ3n) is 3.16. The summed E-state index contributed by atoms with van der Waals surface area (Å²) in [4.78, 5) is 16.5. The molecule has 0 fully saturated rings. The van der Waals surface area contributed by atoms with Gasteiger partial charge in [0.1, 0.15) is 0 Å². The fourth-order valence-corrected chi connectivity index (χ4v) is 2.26. The van der Waals surface area contributed by atoms with E-state index in [1.807, 2.05) is 24.3 Å². The highest BCUT2D eigenvalue weighted by Crippen LogP contribution is 2.24. The molecule has 0 bridgehead atoms. The molecule has 0 saturated carbocycles. The van der Waals surface area contributed by atoms with Gasteiger partial charge in [0.15, 0.2) is 0 Å². The summed E-state index contributed by atoms with van der Waals surface area (Å²) in [7, 11) is 0. The smallest absolute Gasteiger partial charge is 0.257 e. The summed E-state index contributed by atoms with van der Waals surface area (Å²) in [6.45, 7) is 0. The molecule has 0 atom stereocenters. The van der Waals surface area contributed by atoms with Crippen LogP contribution in [0, 0.1) is 0 Å². The van der Waals surface area contributed by atoms with Crippen LogP contribution in [0.15, 0.2) is 54.7 Å². The highest BCUT2D eigenvalue weighted by atomic mass is 35.5. The Labute approximate surface area is 126 Å². The number of hydrogen-bond acceptors (Lipinski definition) is 3. The number of anilines is 2. The largest absolute Gasteiger partial charge is 0.397 e. The number of carbonyl (C=O) groups is 1. The van der Waals surface area contributed by atoms with Crippen LogP contribution < -0.4 is 11.1 Å². The molecule has 3 N–H and O–H groups in total. The minimum absolute atomic E-state index is 0.277. The molecule has 1 aromatic heterocycles. The number of carbonyl (C=O) groups excluding carboxylic acids is 1. The van der Waals surface area contributed by atoms with Crippen molar-refractivity contribution < 1.29 is 4.79 Å². The van der Waals surface area contributed by atoms with Gasteiger partial charge in [-0.2, -0.15) is 0 Å². The van der Waals surface area contributed by atoms with Crippen molar-refractivity contribution in [2.24, 2.45) is 0 Å². The van der Waals surface area contributed by atoms with Gasteiger partial charge in [-0.15, -0.1) is 0 Å². The van der Waals surface area contributed by atoms with E-state index < -0.39 is 0 Å². The quantitative estimate of drug-likeness (QED) is 0.708. The van der Waals surface area contributed by atoms with Gasteiger partial charge in [-0.1, -0.05) is 23.7 Å². The molecule has 1 amide bonds. The van der Waals surface area contributed by atoms with Crippen LogP contribution in [0.2, 0.25) is 5.02 Å². The molecule has 0 aliphatic heterocycles. The van der Waals surface area contributed by atoms with Gasteiger partial charge in [0, 0.05) is 17.3 Å². The van der Waals surface area contributed by atoms with Crippen molar-refractivity contribution in [2.45, 2.75) is 0 Å². The first-order chi connectivity index (χ1) is 10.1. The number of fused-ring (bicyclic) bond motifs is 1. The highest BCUT2D eigenvalue weighted by molar-refractivity contribution is 6.34. The second-order valence-corrected chi connectivity index (χ2v) is 4.97. The Morgan fingerprint density at radius 1 is 1.14 bits per heavy atom. The summed E-state index contributed by atoms with van der Waals surface area (Å²) >= 11 is 5.93. The molecule has 3 aromatic rings. The molecule has 0 unspecified atom stereocenters. The minimum Gasteiger partial charge on any atom is -0.397 e. The van der Waals surface area contributed by atoms with E-state index in [1.54, 1.807) is 30.5 Å². The molecule has 0 aliphatic carbocycles. The minimum atomic E-state index is -0.293. The third-order valence-corrected chi connectivity index (χ3v) is 3.49. The highest BCUT2D eigenvalue weighted by Gasteiger charge is 2.12. The summed E-state index contributed by atoms with van der Waals surface area (Å²) in [6.07, 6.45) is 1.73. The van der Waals surface area contributed by atoms with E-state index in [2.05, 4.69) is 10.3 Å². The Balaban J connectivity index is 1.91. The van der Waals surface area contributed by atoms with Crippen molar-refractivity contribution in [3.63, 3.8) is 0 Å². The molecule has 0 spiro atoms. The Bertz CT molecular complexity index is 833. The lowest BCUT2D eigenvalue weighted by molar-refractivity contribution is 0.102. The molecule has 0 saturated heterocycles. The number of rotatable bonds is 2. The van der Waals surface area contributed by atoms with Gasteiger partial charge in [-0.25, -0.2) is 0 Å². The van der Waals surface area contributed by atoms with Gasteiger partial charge in [-0.05, 0) is 36.4 Å². The maximum Gasteiger partial charge on any atom is 0.257 e. The molecule has 21 heavy (non-hydrogen) atoms. The van der Waals surface area contributed by atoms with Crippen molar-refractivity contribution >= 4 is 39.8 Å². The summed E-state index contributed by atoms with van der Waals surface area (Å²) in [5.74, 6) is -0.293. The number of amides is 1. The number of halogens is 1. The van der Waals surface area contributed by atoms with E-state index in [0.29, 0.717) is 16.3 Å². The Morgan fingerprint density at radius 3 is 2.86 bits per heavy atom. The maximum absolute atomic E-state index is 12.3. The molecular weight excluding hydrogens is 286 g/mol. The van der Waals surface area contributed by atoms with E-state index in [1.165, 1.54) is 0 Å². The van der Waals surface area contributed by atoms with Crippen LogP contribution in [0.25, 0.3) is 10.9 Å². The average Bonchev–Trinajstić information content (AvgIpc) is 2.50. The van der Waals surface area contributed by atoms with Crippen molar-refractivity contribution in [2.75, 3.05) is 11.1 Å². The first-order valence-corrected chi connectivity index (χ1v) is 6.73. The van der Waals surface area contributed by atoms with Crippen molar-refractivity contribution in [1.82, 2.24) is 4.98 Å². The number of nitrogen functional groups attached to an aromatic ring is 1. The predicted molar refractivity (Wildman–Crippen MR) is 85.6 cm³/mol. The monoisotopic (exact) mass is 297 g/mol. The summed E-state index contributed by atoms with van der Waals surface area (Å²) in [5, 5.41) is 4.13. The first kappa shape index (κ1) is 13.4. The summed E-state index contributed by atoms with van der Waals surface area (Å²) in [6, 6.07) is 14.3. The van der Waals surface area contributed by atoms with Crippen LogP contribution in [0.1, 0.15) is 10.4 Å². The molecule has 1 heterocycles. The van der Waals surface area contributed by atoms with Gasteiger partial charge in [0.05, 0.1) is 21.8 Å². The number of aromatic nitrogens is 1. The molecule has 0 radical (unpaired) electrons. The number of pyridine rings is 1. The number of nitrogens with two attached hydrogens (primary N) is 1. The first-order valence-electron chi connectivity index (χ1n) is 6.35. The zero-order chi connectivity index (χ0) is 14.8. The molecule has 3 rings (SSSR count). The lowest BCUT2D eigenvalue weighted by Crippen LogP contribution is -2.14. The van der Waals surface area contributed by atoms with Crippen LogP contribution in [0.3, 0.4) is 0 Å². The van der Waals surface area contributed by atoms with Crippen molar-refractivity contribution in [3.8, 4) is 0 Å². The number of benzene rings is 2. The number of para-hydroxylation sites is 1. The lowest BCUT2D eigenvalue weighted by atomic mass is 10.1. The molecule has 4 nitrogen and oxygen atoms in total. The Morgan fingerprint density at radius 2 is 2.00 bits per heavy atom. The second kappa shape index (κ2) is 5.42. The van der Waals surface area contributed by atoms with Crippen molar-refractivity contribution in [1.29, 1.82) is 0 Å². The maximum atomic E-state index is 12.3. The van der Waals surface area contributed by atoms with Crippen LogP contribution in [-0.2, 0) is 0 Å². The summed E-state index contributed by atoms with van der Waals surface area (Å²) in [5.41, 5.74) is 8.01. The second-order valence-electron chi connectivity index (χ2n) is 4.57. The fourth-order valence-electron chi connectivity index (χ4n) is 2.09. The van der Waals surface area contributed by atoms with Crippen LogP contribution in [0.4, 0.5) is 11.4 Å². The van der Waals surface area contributed by atoms with Gasteiger partial charge in [0.25, 0.3) is 5.91 Å². The lowest BCUT2D eigenvalue weighted by Gasteiger charge is -2.09. The van der Waals surface area contributed by atoms with Crippen LogP contribution >= 0.6 is 11.6 Å². The Kier molecular flexibility index (Phi) is 3.46. The standard InChI is InChI=1S/C16H12ClN3O/c17-13-5-1-4-12(15(13)18)16(21)20-11-6-7-14-10(9-11)3-2-8-19-14/h1-9H,18H2,(H,20,21). The van der Waals surface area contributed by atoms with Crippen LogP contribution in [-0.4, -0.2) is 10.9 Å². The van der Waals surface area contributed by atoms with Gasteiger partial charge in [-0.3, -0.25) is 9.78 Å². The van der Waals surface area contributed by atoms with Gasteiger partial charge < -0.3 is 11.1 Å². The van der Waals surface area contributed by atoms with Crippen LogP contribution in [0.5, 0.6) is 0 Å². The Hall–Kier alpha value is -2.59. The molecule has 2 aromatic carbocycles. The normalized spacial score (nSPS) is 10.5. The number of nitrogens with one attached hydrogen (secondary N) is 1.